The van der Waals surface area contributed by atoms with Crippen molar-refractivity contribution in [3.05, 3.63) is 76.1 Å². The van der Waals surface area contributed by atoms with Crippen LogP contribution in [0, 0.1) is 6.92 Å². The first-order valence-electron chi connectivity index (χ1n) is 13.7. The van der Waals surface area contributed by atoms with Gasteiger partial charge in [0.1, 0.15) is 11.5 Å². The van der Waals surface area contributed by atoms with Crippen molar-refractivity contribution in [2.45, 2.75) is 45.4 Å². The van der Waals surface area contributed by atoms with Crippen molar-refractivity contribution < 1.29 is 23.9 Å². The van der Waals surface area contributed by atoms with E-state index in [1.165, 1.54) is 4.90 Å². The summed E-state index contributed by atoms with van der Waals surface area (Å²) in [6, 6.07) is 14.5. The molecule has 3 aromatic rings. The van der Waals surface area contributed by atoms with Gasteiger partial charge in [-0.1, -0.05) is 35.9 Å². The lowest BCUT2D eigenvalue weighted by Gasteiger charge is -2.38. The predicted molar refractivity (Wildman–Crippen MR) is 153 cm³/mol. The van der Waals surface area contributed by atoms with Crippen molar-refractivity contribution in [1.82, 2.24) is 24.9 Å². The molecular formula is C30H34ClN5O5. The van der Waals surface area contributed by atoms with Crippen molar-refractivity contribution in [1.29, 1.82) is 0 Å². The predicted octanol–water partition coefficient (Wildman–Crippen LogP) is 3.49. The van der Waals surface area contributed by atoms with Crippen LogP contribution in [0.4, 0.5) is 0 Å². The summed E-state index contributed by atoms with van der Waals surface area (Å²) in [5, 5.41) is 7.66. The number of carbonyl (C=O) groups is 3. The number of halogens is 1. The molecule has 0 aliphatic carbocycles. The monoisotopic (exact) mass is 579 g/mol. The van der Waals surface area contributed by atoms with Crippen LogP contribution < -0.4 is 10.1 Å². The molecule has 11 heteroatoms. The SMILES string of the molecule is CCN1CC(=O)N[C@H]2CN(C(=O)c3nn(C)c(C)c3Cl)CC[C@@H]2OCc2cccc(c2)Oc2cccc(c2)CC1=O. The topological polar surface area (TPSA) is 106 Å². The average Bonchev–Trinajstić information content (AvgIpc) is 3.21. The fraction of sp³-hybridized carbons (Fsp3) is 0.400. The van der Waals surface area contributed by atoms with Crippen molar-refractivity contribution in [2.24, 2.45) is 7.05 Å². The number of benzene rings is 2. The summed E-state index contributed by atoms with van der Waals surface area (Å²) >= 11 is 6.40. The fourth-order valence-corrected chi connectivity index (χ4v) is 5.41. The molecule has 4 bridgehead atoms. The van der Waals surface area contributed by atoms with Crippen LogP contribution in [-0.4, -0.2) is 75.6 Å². The molecule has 41 heavy (non-hydrogen) atoms. The van der Waals surface area contributed by atoms with Crippen LogP contribution in [0.5, 0.6) is 11.5 Å². The van der Waals surface area contributed by atoms with Gasteiger partial charge in [0.25, 0.3) is 5.91 Å². The molecule has 0 radical (unpaired) electrons. The minimum absolute atomic E-state index is 0.102. The van der Waals surface area contributed by atoms with Crippen LogP contribution in [0.2, 0.25) is 5.02 Å². The minimum Gasteiger partial charge on any atom is -0.457 e. The molecule has 0 unspecified atom stereocenters. The van der Waals surface area contributed by atoms with Crippen molar-refractivity contribution in [2.75, 3.05) is 26.2 Å². The number of amides is 3. The Hall–Kier alpha value is -3.89. The smallest absolute Gasteiger partial charge is 0.275 e. The van der Waals surface area contributed by atoms with Gasteiger partial charge in [0, 0.05) is 26.7 Å². The summed E-state index contributed by atoms with van der Waals surface area (Å²) in [6.07, 6.45) is 0.281. The fourth-order valence-electron chi connectivity index (χ4n) is 5.17. The van der Waals surface area contributed by atoms with Gasteiger partial charge in [-0.25, -0.2) is 0 Å². The maximum atomic E-state index is 13.4. The minimum atomic E-state index is -0.497. The normalized spacial score (nSPS) is 20.1. The Morgan fingerprint density at radius 3 is 2.51 bits per heavy atom. The lowest BCUT2D eigenvalue weighted by atomic mass is 10.0. The van der Waals surface area contributed by atoms with Gasteiger partial charge in [-0.05, 0) is 55.7 Å². The maximum absolute atomic E-state index is 13.4. The second-order valence-electron chi connectivity index (χ2n) is 10.4. The molecule has 1 N–H and O–H groups in total. The van der Waals surface area contributed by atoms with Gasteiger partial charge in [-0.3, -0.25) is 19.1 Å². The Bertz CT molecular complexity index is 1460. The number of nitrogens with zero attached hydrogens (tertiary/aromatic N) is 4. The van der Waals surface area contributed by atoms with E-state index in [-0.39, 0.29) is 49.0 Å². The number of nitrogens with one attached hydrogen (secondary N) is 1. The molecule has 0 saturated carbocycles. The van der Waals surface area contributed by atoms with Gasteiger partial charge < -0.3 is 24.6 Å². The van der Waals surface area contributed by atoms with E-state index >= 15 is 0 Å². The van der Waals surface area contributed by atoms with Crippen LogP contribution in [0.15, 0.2) is 48.5 Å². The quantitative estimate of drug-likeness (QED) is 0.498. The number of carbonyl (C=O) groups excluding carboxylic acids is 3. The second-order valence-corrected chi connectivity index (χ2v) is 10.8. The van der Waals surface area contributed by atoms with Crippen LogP contribution in [0.25, 0.3) is 0 Å². The summed E-state index contributed by atoms with van der Waals surface area (Å²) in [7, 11) is 1.74. The first kappa shape index (κ1) is 28.6. The summed E-state index contributed by atoms with van der Waals surface area (Å²) in [5.41, 5.74) is 2.59. The molecule has 1 aromatic heterocycles. The Balaban J connectivity index is 1.41. The van der Waals surface area contributed by atoms with Gasteiger partial charge in [-0.2, -0.15) is 5.10 Å². The number of aromatic nitrogens is 2. The summed E-state index contributed by atoms with van der Waals surface area (Å²) in [6.45, 7) is 4.85. The van der Waals surface area contributed by atoms with E-state index in [0.29, 0.717) is 48.3 Å². The number of hydrogen-bond acceptors (Lipinski definition) is 6. The molecule has 0 spiro atoms. The van der Waals surface area contributed by atoms with Gasteiger partial charge in [0.2, 0.25) is 11.8 Å². The average molecular weight is 580 g/mol. The second kappa shape index (κ2) is 12.3. The molecule has 2 aliphatic heterocycles. The van der Waals surface area contributed by atoms with E-state index in [1.807, 2.05) is 55.5 Å². The highest BCUT2D eigenvalue weighted by Crippen LogP contribution is 2.26. The number of ether oxygens (including phenoxy) is 2. The summed E-state index contributed by atoms with van der Waals surface area (Å²) < 4.78 is 14.0. The van der Waals surface area contributed by atoms with Crippen LogP contribution in [0.1, 0.15) is 40.7 Å². The third-order valence-electron chi connectivity index (χ3n) is 7.57. The zero-order valence-corrected chi connectivity index (χ0v) is 24.2. The van der Waals surface area contributed by atoms with Crippen LogP contribution in [0.3, 0.4) is 0 Å². The zero-order chi connectivity index (χ0) is 29.1. The lowest BCUT2D eigenvalue weighted by molar-refractivity contribution is -0.136. The van der Waals surface area contributed by atoms with Crippen molar-refractivity contribution in [3.63, 3.8) is 0 Å². The number of aryl methyl sites for hydroxylation is 1. The van der Waals surface area contributed by atoms with E-state index in [2.05, 4.69) is 10.4 Å². The Morgan fingerprint density at radius 2 is 1.83 bits per heavy atom. The molecule has 3 amide bonds. The van der Waals surface area contributed by atoms with Gasteiger partial charge in [0.05, 0.1) is 42.4 Å². The number of piperidine rings is 1. The number of hydrogen-bond donors (Lipinski definition) is 1. The molecule has 216 valence electrons. The first-order valence-corrected chi connectivity index (χ1v) is 14.1. The van der Waals surface area contributed by atoms with E-state index in [4.69, 9.17) is 21.1 Å². The highest BCUT2D eigenvalue weighted by molar-refractivity contribution is 6.34. The van der Waals surface area contributed by atoms with E-state index < -0.39 is 6.04 Å². The largest absolute Gasteiger partial charge is 0.457 e. The number of likely N-dealkylation sites (N-methyl/N-ethyl adjacent to an activating group) is 1. The molecule has 10 nitrogen and oxygen atoms in total. The van der Waals surface area contributed by atoms with Gasteiger partial charge >= 0.3 is 0 Å². The lowest BCUT2D eigenvalue weighted by Crippen LogP contribution is -2.58. The standard InChI is InChI=1S/C30H34ClN5O5/c1-4-35-17-26(37)32-24-16-36(30(39)29-28(31)19(2)34(3)33-29)12-11-25(24)40-18-21-8-6-10-23(14-21)41-22-9-5-7-20(13-22)15-27(35)38/h5-10,13-14,24-25H,4,11-12,15-18H2,1-3H3,(H,32,37)/t24-,25-/m0/s1. The highest BCUT2D eigenvalue weighted by Gasteiger charge is 2.35. The Labute approximate surface area is 244 Å². The molecule has 2 atom stereocenters. The Kier molecular flexibility index (Phi) is 8.60. The maximum Gasteiger partial charge on any atom is 0.275 e. The van der Waals surface area contributed by atoms with E-state index in [9.17, 15) is 14.4 Å². The van der Waals surface area contributed by atoms with E-state index in [1.54, 1.807) is 23.6 Å². The molecule has 2 aromatic carbocycles. The van der Waals surface area contributed by atoms with Crippen LogP contribution in [-0.2, 0) is 34.4 Å². The summed E-state index contributed by atoms with van der Waals surface area (Å²) in [5.74, 6) is 0.496. The molecule has 1 saturated heterocycles. The molecular weight excluding hydrogens is 546 g/mol. The zero-order valence-electron chi connectivity index (χ0n) is 23.4. The van der Waals surface area contributed by atoms with Gasteiger partial charge in [-0.15, -0.1) is 0 Å². The number of likely N-dealkylation sites (tertiary alicyclic amines) is 1. The van der Waals surface area contributed by atoms with Crippen molar-refractivity contribution >= 4 is 29.3 Å². The molecule has 1 fully saturated rings. The van der Waals surface area contributed by atoms with Gasteiger partial charge in [0.15, 0.2) is 5.69 Å². The third kappa shape index (κ3) is 6.55. The first-order chi connectivity index (χ1) is 19.7. The highest BCUT2D eigenvalue weighted by atomic mass is 35.5. The Morgan fingerprint density at radius 1 is 1.12 bits per heavy atom. The molecule has 3 heterocycles. The summed E-state index contributed by atoms with van der Waals surface area (Å²) in [4.78, 5) is 42.9. The molecule has 2 aliphatic rings. The molecule has 5 rings (SSSR count). The van der Waals surface area contributed by atoms with E-state index in [0.717, 1.165) is 11.1 Å². The van der Waals surface area contributed by atoms with Crippen molar-refractivity contribution in [3.8, 4) is 11.5 Å². The number of fused-ring (bicyclic) bond motifs is 5. The number of rotatable bonds is 2. The van der Waals surface area contributed by atoms with Crippen LogP contribution >= 0.6 is 11.6 Å². The third-order valence-corrected chi connectivity index (χ3v) is 8.02.